The number of hydrogen-bond acceptors (Lipinski definition) is 4. The number of hydrogen-bond donors (Lipinski definition) is 2. The molecule has 4 nitrogen and oxygen atoms in total. The van der Waals surface area contributed by atoms with Gasteiger partial charge in [-0.25, -0.2) is 9.18 Å². The van der Waals surface area contributed by atoms with Gasteiger partial charge in [-0.15, -0.1) is 11.8 Å². The summed E-state index contributed by atoms with van der Waals surface area (Å²) >= 11 is 1.70. The third-order valence-corrected chi connectivity index (χ3v) is 4.56. The van der Waals surface area contributed by atoms with Crippen molar-refractivity contribution in [2.75, 3.05) is 11.1 Å². The summed E-state index contributed by atoms with van der Waals surface area (Å²) in [4.78, 5) is 13.2. The van der Waals surface area contributed by atoms with Crippen molar-refractivity contribution < 1.29 is 13.9 Å². The first kappa shape index (κ1) is 21.1. The molecule has 146 valence electrons. The van der Waals surface area contributed by atoms with Crippen LogP contribution < -0.4 is 15.4 Å². The SMILES string of the molecule is CCSc1cc(OC(=O)NCc2ccc(F)cc2)cc(C)c1NC(C)(C)C. The first-order chi connectivity index (χ1) is 12.7. The highest BCUT2D eigenvalue weighted by Crippen LogP contribution is 2.36. The Balaban J connectivity index is 2.08. The zero-order chi connectivity index (χ0) is 20.0. The number of anilines is 1. The zero-order valence-corrected chi connectivity index (χ0v) is 17.3. The highest BCUT2D eigenvalue weighted by molar-refractivity contribution is 7.99. The van der Waals surface area contributed by atoms with Crippen molar-refractivity contribution in [2.24, 2.45) is 0 Å². The lowest BCUT2D eigenvalue weighted by Crippen LogP contribution is -2.27. The Morgan fingerprint density at radius 2 is 1.85 bits per heavy atom. The van der Waals surface area contributed by atoms with Crippen LogP contribution in [-0.4, -0.2) is 17.4 Å². The van der Waals surface area contributed by atoms with Gasteiger partial charge in [-0.1, -0.05) is 19.1 Å². The van der Waals surface area contributed by atoms with Crippen molar-refractivity contribution in [3.8, 4) is 5.75 Å². The van der Waals surface area contributed by atoms with Crippen molar-refractivity contribution in [2.45, 2.75) is 51.6 Å². The zero-order valence-electron chi connectivity index (χ0n) is 16.5. The summed E-state index contributed by atoms with van der Waals surface area (Å²) in [6, 6.07) is 9.71. The summed E-state index contributed by atoms with van der Waals surface area (Å²) in [7, 11) is 0. The fourth-order valence-electron chi connectivity index (χ4n) is 2.51. The van der Waals surface area contributed by atoms with Crippen LogP contribution in [-0.2, 0) is 6.54 Å². The molecule has 2 aromatic carbocycles. The lowest BCUT2D eigenvalue weighted by Gasteiger charge is -2.26. The molecule has 0 fully saturated rings. The lowest BCUT2D eigenvalue weighted by atomic mass is 10.1. The smallest absolute Gasteiger partial charge is 0.410 e. The van der Waals surface area contributed by atoms with E-state index in [9.17, 15) is 9.18 Å². The van der Waals surface area contributed by atoms with Crippen LogP contribution in [0.4, 0.5) is 14.9 Å². The number of carbonyl (C=O) groups is 1. The molecule has 0 radical (unpaired) electrons. The van der Waals surface area contributed by atoms with E-state index >= 15 is 0 Å². The molecule has 6 heteroatoms. The van der Waals surface area contributed by atoms with Crippen molar-refractivity contribution in [1.82, 2.24) is 5.32 Å². The van der Waals surface area contributed by atoms with E-state index in [1.807, 2.05) is 19.1 Å². The van der Waals surface area contributed by atoms with Gasteiger partial charge < -0.3 is 15.4 Å². The highest BCUT2D eigenvalue weighted by Gasteiger charge is 2.17. The van der Waals surface area contributed by atoms with Crippen LogP contribution in [0.25, 0.3) is 0 Å². The van der Waals surface area contributed by atoms with Gasteiger partial charge in [-0.3, -0.25) is 0 Å². The van der Waals surface area contributed by atoms with Crippen LogP contribution in [0.2, 0.25) is 0 Å². The third-order valence-electron chi connectivity index (χ3n) is 3.63. The van der Waals surface area contributed by atoms with E-state index in [4.69, 9.17) is 4.74 Å². The minimum Gasteiger partial charge on any atom is -0.410 e. The molecule has 0 saturated carbocycles. The molecule has 2 rings (SSSR count). The number of rotatable bonds is 6. The largest absolute Gasteiger partial charge is 0.412 e. The number of thioether (sulfide) groups is 1. The average molecular weight is 391 g/mol. The molecule has 2 N–H and O–H groups in total. The highest BCUT2D eigenvalue weighted by atomic mass is 32.2. The molecule has 0 aliphatic heterocycles. The summed E-state index contributed by atoms with van der Waals surface area (Å²) < 4.78 is 18.4. The summed E-state index contributed by atoms with van der Waals surface area (Å²) in [5, 5.41) is 6.21. The van der Waals surface area contributed by atoms with E-state index in [1.165, 1.54) is 12.1 Å². The molecular weight excluding hydrogens is 363 g/mol. The molecule has 0 saturated heterocycles. The molecule has 0 atom stereocenters. The van der Waals surface area contributed by atoms with Gasteiger partial charge in [0.1, 0.15) is 11.6 Å². The van der Waals surface area contributed by atoms with Crippen molar-refractivity contribution in [3.05, 3.63) is 53.3 Å². The second-order valence-corrected chi connectivity index (χ2v) is 8.60. The van der Waals surface area contributed by atoms with E-state index in [-0.39, 0.29) is 17.9 Å². The molecule has 0 bridgehead atoms. The summed E-state index contributed by atoms with van der Waals surface area (Å²) in [6.07, 6.45) is -0.539. The third kappa shape index (κ3) is 6.79. The van der Waals surface area contributed by atoms with Crippen LogP contribution in [0, 0.1) is 12.7 Å². The van der Waals surface area contributed by atoms with Gasteiger partial charge in [0.15, 0.2) is 0 Å². The van der Waals surface area contributed by atoms with E-state index in [2.05, 4.69) is 38.3 Å². The van der Waals surface area contributed by atoms with Crippen molar-refractivity contribution >= 4 is 23.5 Å². The lowest BCUT2D eigenvalue weighted by molar-refractivity contribution is 0.200. The number of benzene rings is 2. The Labute approximate surface area is 164 Å². The maximum absolute atomic E-state index is 12.9. The summed E-state index contributed by atoms with van der Waals surface area (Å²) in [5.74, 6) is 1.11. The van der Waals surface area contributed by atoms with E-state index < -0.39 is 6.09 Å². The Hall–Kier alpha value is -2.21. The molecule has 0 aliphatic carbocycles. The maximum atomic E-state index is 12.9. The number of amides is 1. The molecule has 27 heavy (non-hydrogen) atoms. The average Bonchev–Trinajstić information content (AvgIpc) is 2.57. The standard InChI is InChI=1S/C21H27FN2O2S/c1-6-27-18-12-17(11-14(2)19(18)24-21(3,4)5)26-20(25)23-13-15-7-9-16(22)10-8-15/h7-12,24H,6,13H2,1-5H3,(H,23,25). The van der Waals surface area contributed by atoms with Crippen LogP contribution in [0.1, 0.15) is 38.8 Å². The maximum Gasteiger partial charge on any atom is 0.412 e. The van der Waals surface area contributed by atoms with Gasteiger partial charge in [-0.2, -0.15) is 0 Å². The molecular formula is C21H27FN2O2S. The second kappa shape index (κ2) is 9.13. The fraction of sp³-hybridized carbons (Fsp3) is 0.381. The normalized spacial score (nSPS) is 11.2. The molecule has 1 amide bonds. The number of halogens is 1. The minimum atomic E-state index is -0.539. The van der Waals surface area contributed by atoms with Crippen LogP contribution in [0.3, 0.4) is 0 Å². The topological polar surface area (TPSA) is 50.4 Å². The van der Waals surface area contributed by atoms with E-state index in [0.29, 0.717) is 5.75 Å². The molecule has 0 aromatic heterocycles. The molecule has 0 aliphatic rings. The molecule has 0 heterocycles. The van der Waals surface area contributed by atoms with E-state index in [1.54, 1.807) is 23.9 Å². The van der Waals surface area contributed by atoms with Gasteiger partial charge in [0.25, 0.3) is 0 Å². The number of aryl methyl sites for hydroxylation is 1. The van der Waals surface area contributed by atoms with Crippen LogP contribution in [0.15, 0.2) is 41.3 Å². The van der Waals surface area contributed by atoms with Gasteiger partial charge >= 0.3 is 6.09 Å². The predicted molar refractivity (Wildman–Crippen MR) is 110 cm³/mol. The first-order valence-electron chi connectivity index (χ1n) is 8.93. The number of nitrogens with one attached hydrogen (secondary N) is 2. The fourth-order valence-corrected chi connectivity index (χ4v) is 3.37. The molecule has 2 aromatic rings. The Bertz CT molecular complexity index is 786. The monoisotopic (exact) mass is 390 g/mol. The Kier molecular flexibility index (Phi) is 7.13. The number of carbonyl (C=O) groups excluding carboxylic acids is 1. The Morgan fingerprint density at radius 1 is 1.19 bits per heavy atom. The van der Waals surface area contributed by atoms with Gasteiger partial charge in [0, 0.05) is 17.0 Å². The minimum absolute atomic E-state index is 0.0667. The molecule has 0 spiro atoms. The van der Waals surface area contributed by atoms with Crippen LogP contribution >= 0.6 is 11.8 Å². The predicted octanol–water partition coefficient (Wildman–Crippen LogP) is 5.75. The summed E-state index contributed by atoms with van der Waals surface area (Å²) in [6.45, 7) is 10.7. The quantitative estimate of drug-likeness (QED) is 0.617. The summed E-state index contributed by atoms with van der Waals surface area (Å²) in [5.41, 5.74) is 2.82. The number of ether oxygens (including phenoxy) is 1. The second-order valence-electron chi connectivity index (χ2n) is 7.29. The van der Waals surface area contributed by atoms with Crippen molar-refractivity contribution in [3.63, 3.8) is 0 Å². The first-order valence-corrected chi connectivity index (χ1v) is 9.92. The molecule has 0 unspecified atom stereocenters. The van der Waals surface area contributed by atoms with Gasteiger partial charge in [0.2, 0.25) is 0 Å². The van der Waals surface area contributed by atoms with Crippen molar-refractivity contribution in [1.29, 1.82) is 0 Å². The van der Waals surface area contributed by atoms with E-state index in [0.717, 1.165) is 27.5 Å². The van der Waals surface area contributed by atoms with Gasteiger partial charge in [0.05, 0.1) is 5.69 Å². The Morgan fingerprint density at radius 3 is 2.44 bits per heavy atom. The van der Waals surface area contributed by atoms with Gasteiger partial charge in [-0.05, 0) is 68.8 Å². The van der Waals surface area contributed by atoms with Crippen LogP contribution in [0.5, 0.6) is 5.75 Å².